The number of rotatable bonds is 7. The Kier molecular flexibility index (Phi) is 7.65. The van der Waals surface area contributed by atoms with Gasteiger partial charge in [-0.05, 0) is 48.9 Å². The number of carboxylic acids is 1. The zero-order valence-electron chi connectivity index (χ0n) is 20.9. The maximum atomic E-state index is 11.2. The molecule has 2 aromatic heterocycles. The van der Waals surface area contributed by atoms with Crippen molar-refractivity contribution in [1.82, 2.24) is 19.6 Å². The van der Waals surface area contributed by atoms with Crippen LogP contribution in [-0.2, 0) is 22.6 Å². The van der Waals surface area contributed by atoms with Gasteiger partial charge in [-0.2, -0.15) is 0 Å². The van der Waals surface area contributed by atoms with E-state index in [1.165, 1.54) is 0 Å². The fourth-order valence-corrected chi connectivity index (χ4v) is 4.33. The van der Waals surface area contributed by atoms with Crippen LogP contribution in [-0.4, -0.2) is 61.6 Å². The maximum absolute atomic E-state index is 11.2. The molecule has 0 spiro atoms. The molecule has 0 radical (unpaired) electrons. The highest BCUT2D eigenvalue weighted by atomic mass is 16.5. The minimum atomic E-state index is -0.920. The molecular weight excluding hydrogens is 484 g/mol. The molecule has 1 saturated heterocycles. The molecule has 0 amide bonds. The van der Waals surface area contributed by atoms with Gasteiger partial charge in [0.1, 0.15) is 17.6 Å². The molecule has 3 heterocycles. The second-order valence-corrected chi connectivity index (χ2v) is 9.23. The van der Waals surface area contributed by atoms with Crippen LogP contribution >= 0.6 is 0 Å². The molecule has 0 bridgehead atoms. The van der Waals surface area contributed by atoms with Crippen molar-refractivity contribution in [2.75, 3.05) is 19.7 Å². The lowest BCUT2D eigenvalue weighted by atomic mass is 10.1. The summed E-state index contributed by atoms with van der Waals surface area (Å²) >= 11 is 0. The van der Waals surface area contributed by atoms with E-state index in [0.29, 0.717) is 44.4 Å². The molecule has 0 saturated carbocycles. The third-order valence-electron chi connectivity index (χ3n) is 6.32. The fourth-order valence-electron chi connectivity index (χ4n) is 4.33. The second-order valence-electron chi connectivity index (χ2n) is 9.23. The Morgan fingerprint density at radius 3 is 2.50 bits per heavy atom. The van der Waals surface area contributed by atoms with Crippen LogP contribution in [0.2, 0.25) is 0 Å². The molecule has 1 unspecified atom stereocenters. The van der Waals surface area contributed by atoms with E-state index in [1.807, 2.05) is 59.2 Å². The van der Waals surface area contributed by atoms with E-state index in [4.69, 9.17) is 14.4 Å². The molecule has 1 fully saturated rings. The predicted molar refractivity (Wildman–Crippen MR) is 139 cm³/mol. The summed E-state index contributed by atoms with van der Waals surface area (Å²) in [7, 11) is 0. The Morgan fingerprint density at radius 1 is 1.11 bits per heavy atom. The highest BCUT2D eigenvalue weighted by Gasteiger charge is 2.26. The lowest BCUT2D eigenvalue weighted by molar-refractivity contribution is -0.156. The van der Waals surface area contributed by atoms with Crippen molar-refractivity contribution in [1.29, 1.82) is 0 Å². The van der Waals surface area contributed by atoms with Crippen molar-refractivity contribution in [2.45, 2.75) is 32.2 Å². The van der Waals surface area contributed by atoms with Crippen molar-refractivity contribution in [3.05, 3.63) is 95.2 Å². The quantitative estimate of drug-likeness (QED) is 0.363. The van der Waals surface area contributed by atoms with Crippen molar-refractivity contribution in [2.24, 2.45) is 0 Å². The third kappa shape index (κ3) is 6.18. The van der Waals surface area contributed by atoms with Crippen LogP contribution in [0.4, 0.5) is 0 Å². The predicted octanol–water partition coefficient (Wildman–Crippen LogP) is 3.32. The minimum absolute atomic E-state index is 0.386. The first-order chi connectivity index (χ1) is 18.4. The number of ether oxygens (including phenoxy) is 1. The number of hydrogen-bond donors (Lipinski definition) is 2. The van der Waals surface area contributed by atoms with Gasteiger partial charge in [0, 0.05) is 54.8 Å². The van der Waals surface area contributed by atoms with E-state index < -0.39 is 18.2 Å². The Bertz CT molecular complexity index is 1440. The molecule has 2 N–H and O–H groups in total. The molecule has 0 aliphatic carbocycles. The van der Waals surface area contributed by atoms with Crippen LogP contribution in [0.1, 0.15) is 41.2 Å². The van der Waals surface area contributed by atoms with E-state index in [2.05, 4.69) is 26.9 Å². The number of nitrogens with zero attached hydrogens (tertiary/aromatic N) is 4. The number of benzene rings is 2. The molecule has 194 valence electrons. The largest absolute Gasteiger partial charge is 0.479 e. The van der Waals surface area contributed by atoms with Crippen molar-refractivity contribution in [3.63, 3.8) is 0 Å². The normalized spacial score (nSPS) is 16.5. The summed E-state index contributed by atoms with van der Waals surface area (Å²) < 4.78 is 12.7. The lowest BCUT2D eigenvalue weighted by Crippen LogP contribution is -2.45. The van der Waals surface area contributed by atoms with Crippen LogP contribution < -0.4 is 0 Å². The van der Waals surface area contributed by atoms with Crippen molar-refractivity contribution in [3.8, 4) is 23.2 Å². The van der Waals surface area contributed by atoms with Gasteiger partial charge < -0.3 is 24.0 Å². The van der Waals surface area contributed by atoms with Gasteiger partial charge in [-0.15, -0.1) is 0 Å². The number of aliphatic carboxylic acids is 1. The summed E-state index contributed by atoms with van der Waals surface area (Å²) in [5.41, 5.74) is 4.52. The van der Waals surface area contributed by atoms with E-state index in [9.17, 15) is 9.90 Å². The summed E-state index contributed by atoms with van der Waals surface area (Å²) in [5.74, 6) is 6.70. The third-order valence-corrected chi connectivity index (χ3v) is 6.32. The number of aliphatic hydroxyl groups excluding tert-OH is 1. The molecule has 38 heavy (non-hydrogen) atoms. The number of morpholine rings is 1. The molecule has 9 nitrogen and oxygen atoms in total. The van der Waals surface area contributed by atoms with Crippen LogP contribution in [0, 0.1) is 11.8 Å². The van der Waals surface area contributed by atoms with Crippen LogP contribution in [0.25, 0.3) is 11.3 Å². The summed E-state index contributed by atoms with van der Waals surface area (Å²) in [4.78, 5) is 17.4. The number of aromatic nitrogens is 3. The monoisotopic (exact) mass is 512 g/mol. The zero-order chi connectivity index (χ0) is 26.5. The average molecular weight is 513 g/mol. The summed E-state index contributed by atoms with van der Waals surface area (Å²) in [6, 6.07) is 17.7. The number of hydrogen-bond acceptors (Lipinski definition) is 7. The highest BCUT2D eigenvalue weighted by Crippen LogP contribution is 2.22. The first-order valence-corrected chi connectivity index (χ1v) is 12.4. The number of carbonyl (C=O) groups is 1. The van der Waals surface area contributed by atoms with E-state index in [0.717, 1.165) is 27.9 Å². The summed E-state index contributed by atoms with van der Waals surface area (Å²) in [6.07, 6.45) is 2.03. The van der Waals surface area contributed by atoms with Gasteiger partial charge in [-0.3, -0.25) is 4.90 Å². The van der Waals surface area contributed by atoms with Crippen LogP contribution in [0.3, 0.4) is 0 Å². The summed E-state index contributed by atoms with van der Waals surface area (Å²) in [6.45, 7) is 4.34. The van der Waals surface area contributed by atoms with E-state index in [-0.39, 0.29) is 0 Å². The van der Waals surface area contributed by atoms with Gasteiger partial charge in [-0.1, -0.05) is 29.1 Å². The Hall–Kier alpha value is -4.23. The Labute approximate surface area is 220 Å². The second kappa shape index (κ2) is 11.4. The molecule has 4 aromatic rings. The number of carboxylic acid groups (broad SMARTS) is 1. The first-order valence-electron chi connectivity index (χ1n) is 12.4. The molecular formula is C29H28N4O5. The van der Waals surface area contributed by atoms with E-state index in [1.54, 1.807) is 19.3 Å². The average Bonchev–Trinajstić information content (AvgIpc) is 3.59. The van der Waals surface area contributed by atoms with Gasteiger partial charge >= 0.3 is 5.97 Å². The van der Waals surface area contributed by atoms with Crippen molar-refractivity contribution < 1.29 is 24.3 Å². The highest BCUT2D eigenvalue weighted by molar-refractivity contribution is 5.72. The van der Waals surface area contributed by atoms with Crippen LogP contribution in [0.15, 0.2) is 71.5 Å². The molecule has 5 rings (SSSR count). The molecule has 1 aliphatic rings. The van der Waals surface area contributed by atoms with Gasteiger partial charge in [0.15, 0.2) is 11.9 Å². The molecule has 2 atom stereocenters. The standard InChI is InChI=1S/C29H28N4O5/c1-20(34)28-30-12-13-33(28)18-25-16-26(38-31-25)24-10-8-22(9-11-24)3-2-21-4-6-23(7-5-21)17-32-14-15-37-27(19-32)29(35)36/h4-13,16,20,27,34H,14-15,17-19H2,1H3,(H,35,36)/t20-,27?/m0/s1. The van der Waals surface area contributed by atoms with Crippen LogP contribution in [0.5, 0.6) is 0 Å². The molecule has 1 aliphatic heterocycles. The molecule has 9 heteroatoms. The van der Waals surface area contributed by atoms with Gasteiger partial charge in [-0.25, -0.2) is 9.78 Å². The van der Waals surface area contributed by atoms with E-state index >= 15 is 0 Å². The zero-order valence-corrected chi connectivity index (χ0v) is 20.9. The lowest BCUT2D eigenvalue weighted by Gasteiger charge is -2.30. The van der Waals surface area contributed by atoms with Gasteiger partial charge in [0.25, 0.3) is 0 Å². The SMILES string of the molecule is C[C@H](O)c1nccn1Cc1cc(-c2ccc(C#Cc3ccc(CN4CCOC(C(=O)O)C4)cc3)cc2)on1. The Morgan fingerprint density at radius 2 is 1.82 bits per heavy atom. The first kappa shape index (κ1) is 25.4. The van der Waals surface area contributed by atoms with Gasteiger partial charge in [0.2, 0.25) is 0 Å². The number of aliphatic hydroxyl groups is 1. The fraction of sp³-hybridized carbons (Fsp3) is 0.276. The topological polar surface area (TPSA) is 114 Å². The minimum Gasteiger partial charge on any atom is -0.479 e. The molecule has 2 aromatic carbocycles. The summed E-state index contributed by atoms with van der Waals surface area (Å²) in [5, 5.41) is 23.2. The smallest absolute Gasteiger partial charge is 0.334 e. The maximum Gasteiger partial charge on any atom is 0.334 e. The van der Waals surface area contributed by atoms with Gasteiger partial charge in [0.05, 0.1) is 13.2 Å². The van der Waals surface area contributed by atoms with Crippen molar-refractivity contribution >= 4 is 5.97 Å². The Balaban J connectivity index is 1.18. The number of imidazole rings is 1.